The highest BCUT2D eigenvalue weighted by Crippen LogP contribution is 2.29. The number of rotatable bonds is 8. The summed E-state index contributed by atoms with van der Waals surface area (Å²) in [6.45, 7) is 2.51. The number of nitrogens with zero attached hydrogens (tertiary/aromatic N) is 4. The van der Waals surface area contributed by atoms with Crippen molar-refractivity contribution in [2.45, 2.75) is 12.1 Å². The van der Waals surface area contributed by atoms with E-state index in [0.29, 0.717) is 34.3 Å². The van der Waals surface area contributed by atoms with E-state index >= 15 is 0 Å². The molecule has 0 aliphatic carbocycles. The summed E-state index contributed by atoms with van der Waals surface area (Å²) in [4.78, 5) is 33.7. The Kier molecular flexibility index (Phi) is 6.31. The van der Waals surface area contributed by atoms with Crippen LogP contribution in [0.25, 0.3) is 28.1 Å². The number of imidazole rings is 1. The standard InChI is InChI=1S/C24H21N7O3S/c1-2-34-18-8-6-17(7-9-18)31-22(15-4-3-11-25-13-15)29-30-24(31)35-14-21(32)26-16-5-10-19-20(12-16)28-23(33)27-19/h3-13H,2,14H2,1H3,(H,26,32)(H2,27,28,33). The van der Waals surface area contributed by atoms with E-state index in [4.69, 9.17) is 4.74 Å². The minimum Gasteiger partial charge on any atom is -0.494 e. The van der Waals surface area contributed by atoms with Crippen LogP contribution in [0.3, 0.4) is 0 Å². The molecule has 0 atom stereocenters. The Balaban J connectivity index is 1.38. The van der Waals surface area contributed by atoms with Gasteiger partial charge in [-0.2, -0.15) is 0 Å². The minimum absolute atomic E-state index is 0.115. The number of anilines is 1. The van der Waals surface area contributed by atoms with Gasteiger partial charge < -0.3 is 20.0 Å². The van der Waals surface area contributed by atoms with Crippen molar-refractivity contribution in [1.29, 1.82) is 0 Å². The second-order valence-electron chi connectivity index (χ2n) is 7.49. The molecule has 0 aliphatic rings. The van der Waals surface area contributed by atoms with Crippen LogP contribution in [0.5, 0.6) is 5.75 Å². The number of fused-ring (bicyclic) bond motifs is 1. The van der Waals surface area contributed by atoms with Crippen molar-refractivity contribution in [1.82, 2.24) is 29.7 Å². The van der Waals surface area contributed by atoms with Crippen LogP contribution >= 0.6 is 11.8 Å². The predicted molar refractivity (Wildman–Crippen MR) is 134 cm³/mol. The number of carbonyl (C=O) groups excluding carboxylic acids is 1. The second kappa shape index (κ2) is 9.85. The summed E-state index contributed by atoms with van der Waals surface area (Å²) in [5.41, 5.74) is 3.23. The van der Waals surface area contributed by atoms with Gasteiger partial charge in [-0.15, -0.1) is 10.2 Å². The molecule has 3 heterocycles. The van der Waals surface area contributed by atoms with Gasteiger partial charge >= 0.3 is 5.69 Å². The summed E-state index contributed by atoms with van der Waals surface area (Å²) in [7, 11) is 0. The molecule has 3 N–H and O–H groups in total. The first kappa shape index (κ1) is 22.4. The average molecular weight is 488 g/mol. The molecule has 0 fully saturated rings. The van der Waals surface area contributed by atoms with Crippen LogP contribution in [0.2, 0.25) is 0 Å². The van der Waals surface area contributed by atoms with E-state index in [0.717, 1.165) is 17.0 Å². The van der Waals surface area contributed by atoms with E-state index in [1.807, 2.05) is 47.9 Å². The number of hydrogen-bond donors (Lipinski definition) is 3. The summed E-state index contributed by atoms with van der Waals surface area (Å²) < 4.78 is 7.45. The van der Waals surface area contributed by atoms with Crippen LogP contribution in [-0.4, -0.2) is 48.0 Å². The molecule has 0 aliphatic heterocycles. The number of nitrogens with one attached hydrogen (secondary N) is 3. The molecule has 0 spiro atoms. The van der Waals surface area contributed by atoms with Crippen molar-refractivity contribution >= 4 is 34.4 Å². The zero-order valence-electron chi connectivity index (χ0n) is 18.7. The van der Waals surface area contributed by atoms with Crippen molar-refractivity contribution in [3.8, 4) is 22.8 Å². The van der Waals surface area contributed by atoms with Crippen LogP contribution in [-0.2, 0) is 4.79 Å². The summed E-state index contributed by atoms with van der Waals surface area (Å²) >= 11 is 1.27. The molecular weight excluding hydrogens is 466 g/mol. The van der Waals surface area contributed by atoms with Crippen molar-refractivity contribution in [2.75, 3.05) is 17.7 Å². The van der Waals surface area contributed by atoms with E-state index in [9.17, 15) is 9.59 Å². The topological polar surface area (TPSA) is 131 Å². The number of hydrogen-bond acceptors (Lipinski definition) is 7. The Labute approximate surface area is 203 Å². The lowest BCUT2D eigenvalue weighted by atomic mass is 10.2. The third kappa shape index (κ3) is 4.94. The second-order valence-corrected chi connectivity index (χ2v) is 8.43. The van der Waals surface area contributed by atoms with E-state index in [1.165, 1.54) is 11.8 Å². The fraction of sp³-hybridized carbons (Fsp3) is 0.125. The maximum Gasteiger partial charge on any atom is 0.323 e. The molecule has 0 saturated carbocycles. The van der Waals surface area contributed by atoms with E-state index < -0.39 is 0 Å². The Morgan fingerprint density at radius 1 is 1.09 bits per heavy atom. The van der Waals surface area contributed by atoms with Crippen molar-refractivity contribution in [3.63, 3.8) is 0 Å². The maximum atomic E-state index is 12.7. The van der Waals surface area contributed by atoms with Gasteiger partial charge in [0.25, 0.3) is 0 Å². The lowest BCUT2D eigenvalue weighted by Crippen LogP contribution is -2.14. The average Bonchev–Trinajstić information content (AvgIpc) is 3.46. The molecule has 176 valence electrons. The molecule has 35 heavy (non-hydrogen) atoms. The highest BCUT2D eigenvalue weighted by atomic mass is 32.2. The van der Waals surface area contributed by atoms with Gasteiger partial charge in [-0.1, -0.05) is 11.8 Å². The molecule has 0 saturated heterocycles. The summed E-state index contributed by atoms with van der Waals surface area (Å²) in [6.07, 6.45) is 3.42. The van der Waals surface area contributed by atoms with Gasteiger partial charge in [-0.05, 0) is 61.5 Å². The lowest BCUT2D eigenvalue weighted by Gasteiger charge is -2.11. The molecule has 2 aromatic carbocycles. The minimum atomic E-state index is -0.294. The van der Waals surface area contributed by atoms with Gasteiger partial charge in [-0.3, -0.25) is 14.3 Å². The van der Waals surface area contributed by atoms with Gasteiger partial charge in [-0.25, -0.2) is 4.79 Å². The van der Waals surface area contributed by atoms with Crippen molar-refractivity contribution in [2.24, 2.45) is 0 Å². The molecule has 0 bridgehead atoms. The summed E-state index contributed by atoms with van der Waals surface area (Å²) in [5.74, 6) is 1.29. The molecule has 5 aromatic rings. The smallest absolute Gasteiger partial charge is 0.323 e. The highest BCUT2D eigenvalue weighted by molar-refractivity contribution is 7.99. The number of thioether (sulfide) groups is 1. The van der Waals surface area contributed by atoms with Gasteiger partial charge in [0.05, 0.1) is 23.4 Å². The van der Waals surface area contributed by atoms with Crippen LogP contribution in [0.15, 0.2) is 76.9 Å². The Morgan fingerprint density at radius 3 is 2.69 bits per heavy atom. The van der Waals surface area contributed by atoms with Gasteiger partial charge in [0.1, 0.15) is 5.75 Å². The third-order valence-corrected chi connectivity index (χ3v) is 6.02. The molecular formula is C24H21N7O3S. The molecule has 0 unspecified atom stereocenters. The van der Waals surface area contributed by atoms with E-state index in [2.05, 4.69) is 30.5 Å². The number of aromatic amines is 2. The summed E-state index contributed by atoms with van der Waals surface area (Å²) in [5, 5.41) is 12.1. The number of H-pyrrole nitrogens is 2. The van der Waals surface area contributed by atoms with Crippen LogP contribution < -0.4 is 15.7 Å². The van der Waals surface area contributed by atoms with Crippen molar-refractivity contribution < 1.29 is 9.53 Å². The zero-order chi connectivity index (χ0) is 24.2. The molecule has 1 amide bonds. The number of pyridine rings is 1. The van der Waals surface area contributed by atoms with Crippen molar-refractivity contribution in [3.05, 3.63) is 77.5 Å². The predicted octanol–water partition coefficient (Wildman–Crippen LogP) is 3.63. The highest BCUT2D eigenvalue weighted by Gasteiger charge is 2.18. The maximum absolute atomic E-state index is 12.7. The SMILES string of the molecule is CCOc1ccc(-n2c(SCC(=O)Nc3ccc4[nH]c(=O)[nH]c4c3)nnc2-c2cccnc2)cc1. The molecule has 5 rings (SSSR count). The van der Waals surface area contributed by atoms with Crippen LogP contribution in [0.1, 0.15) is 6.92 Å². The van der Waals surface area contributed by atoms with Gasteiger partial charge in [0.15, 0.2) is 11.0 Å². The fourth-order valence-corrected chi connectivity index (χ4v) is 4.33. The van der Waals surface area contributed by atoms with Gasteiger partial charge in [0.2, 0.25) is 5.91 Å². The molecule has 11 heteroatoms. The Morgan fingerprint density at radius 2 is 1.91 bits per heavy atom. The zero-order valence-corrected chi connectivity index (χ0v) is 19.5. The first-order valence-corrected chi connectivity index (χ1v) is 11.8. The Bertz CT molecular complexity index is 1520. The molecule has 0 radical (unpaired) electrons. The number of ether oxygens (including phenoxy) is 1. The summed E-state index contributed by atoms with van der Waals surface area (Å²) in [6, 6.07) is 16.5. The molecule has 10 nitrogen and oxygen atoms in total. The first-order valence-electron chi connectivity index (χ1n) is 10.8. The largest absolute Gasteiger partial charge is 0.494 e. The lowest BCUT2D eigenvalue weighted by molar-refractivity contribution is -0.113. The number of aromatic nitrogens is 6. The first-order chi connectivity index (χ1) is 17.1. The van der Waals surface area contributed by atoms with Crippen LogP contribution in [0, 0.1) is 0 Å². The number of benzene rings is 2. The van der Waals surface area contributed by atoms with E-state index in [1.54, 1.807) is 30.6 Å². The fourth-order valence-electron chi connectivity index (χ4n) is 3.57. The molecule has 3 aromatic heterocycles. The Hall–Kier alpha value is -4.38. The third-order valence-electron chi connectivity index (χ3n) is 5.09. The number of amides is 1. The monoisotopic (exact) mass is 487 g/mol. The van der Waals surface area contributed by atoms with Gasteiger partial charge in [0, 0.05) is 29.3 Å². The number of carbonyl (C=O) groups is 1. The van der Waals surface area contributed by atoms with Crippen LogP contribution in [0.4, 0.5) is 5.69 Å². The quantitative estimate of drug-likeness (QED) is 0.285. The normalized spacial score (nSPS) is 11.0. The van der Waals surface area contributed by atoms with E-state index in [-0.39, 0.29) is 17.3 Å².